The van der Waals surface area contributed by atoms with Crippen LogP contribution >= 0.6 is 11.6 Å². The van der Waals surface area contributed by atoms with Crippen molar-refractivity contribution in [2.24, 2.45) is 5.41 Å². The molecule has 5 rings (SSSR count). The first kappa shape index (κ1) is 24.8. The maximum Gasteiger partial charge on any atom is 0.237 e. The second-order valence-electron chi connectivity index (χ2n) is 12.0. The second kappa shape index (κ2) is 8.30. The molecular formula is C28H34ClN5O2. The van der Waals surface area contributed by atoms with Crippen molar-refractivity contribution in [1.82, 2.24) is 19.9 Å². The van der Waals surface area contributed by atoms with Gasteiger partial charge in [-0.05, 0) is 58.2 Å². The number of rotatable bonds is 4. The van der Waals surface area contributed by atoms with Crippen LogP contribution in [0.25, 0.3) is 22.3 Å². The number of nitrogens with zero attached hydrogens (tertiary/aromatic N) is 4. The Morgan fingerprint density at radius 3 is 2.53 bits per heavy atom. The molecule has 1 aromatic carbocycles. The predicted octanol–water partition coefficient (Wildman–Crippen LogP) is 5.65. The van der Waals surface area contributed by atoms with Gasteiger partial charge in [-0.2, -0.15) is 0 Å². The molecule has 2 aromatic heterocycles. The Hall–Kier alpha value is -2.93. The number of anilines is 1. The van der Waals surface area contributed by atoms with Crippen LogP contribution in [0.4, 0.5) is 5.69 Å². The quantitative estimate of drug-likeness (QED) is 0.463. The highest BCUT2D eigenvalue weighted by Crippen LogP contribution is 2.47. The van der Waals surface area contributed by atoms with Crippen LogP contribution in [0, 0.1) is 5.41 Å². The number of imidazole rings is 1. The van der Waals surface area contributed by atoms with Crippen molar-refractivity contribution in [3.8, 4) is 11.3 Å². The molecule has 1 aliphatic carbocycles. The fourth-order valence-corrected chi connectivity index (χ4v) is 5.46. The van der Waals surface area contributed by atoms with Gasteiger partial charge in [-0.3, -0.25) is 9.59 Å². The summed E-state index contributed by atoms with van der Waals surface area (Å²) in [6, 6.07) is 8.41. The van der Waals surface area contributed by atoms with Gasteiger partial charge in [0.2, 0.25) is 11.8 Å². The fraction of sp³-hybridized carbons (Fsp3) is 0.500. The number of pyridine rings is 1. The number of hydrogen-bond acceptors (Lipinski definition) is 4. The zero-order chi connectivity index (χ0) is 26.2. The Balaban J connectivity index is 1.47. The molecule has 1 fully saturated rings. The summed E-state index contributed by atoms with van der Waals surface area (Å²) in [7, 11) is 0. The number of aromatic nitrogens is 3. The number of halogens is 1. The Morgan fingerprint density at radius 1 is 1.19 bits per heavy atom. The number of carbonyl (C=O) groups excluding carboxylic acids is 2. The molecule has 1 aliphatic heterocycles. The zero-order valence-electron chi connectivity index (χ0n) is 22.0. The van der Waals surface area contributed by atoms with Crippen molar-refractivity contribution in [3.05, 3.63) is 41.3 Å². The molecule has 1 N–H and O–H groups in total. The molecule has 0 radical (unpaired) electrons. The van der Waals surface area contributed by atoms with Crippen LogP contribution in [0.2, 0.25) is 5.15 Å². The third-order valence-corrected chi connectivity index (χ3v) is 7.80. The van der Waals surface area contributed by atoms with Crippen LogP contribution in [0.15, 0.2) is 30.6 Å². The number of carbonyl (C=O) groups is 2. The van der Waals surface area contributed by atoms with Crippen molar-refractivity contribution in [3.63, 3.8) is 0 Å². The summed E-state index contributed by atoms with van der Waals surface area (Å²) < 4.78 is 2.02. The van der Waals surface area contributed by atoms with Crippen LogP contribution in [-0.4, -0.2) is 38.4 Å². The lowest BCUT2D eigenvalue weighted by Crippen LogP contribution is -2.57. The Labute approximate surface area is 217 Å². The molecule has 3 aromatic rings. The van der Waals surface area contributed by atoms with Crippen molar-refractivity contribution >= 4 is 40.1 Å². The maximum atomic E-state index is 13.5. The lowest BCUT2D eigenvalue weighted by molar-refractivity contribution is -0.129. The number of fused-ring (bicyclic) bond motifs is 2. The molecule has 0 spiro atoms. The number of nitrogens with one attached hydrogen (secondary N) is 1. The van der Waals surface area contributed by atoms with Gasteiger partial charge in [-0.1, -0.05) is 44.5 Å². The van der Waals surface area contributed by atoms with Crippen molar-refractivity contribution in [1.29, 1.82) is 0 Å². The number of hydrogen-bond donors (Lipinski definition) is 1. The van der Waals surface area contributed by atoms with E-state index in [0.717, 1.165) is 46.4 Å². The predicted molar refractivity (Wildman–Crippen MR) is 143 cm³/mol. The van der Waals surface area contributed by atoms with E-state index < -0.39 is 10.8 Å². The first-order chi connectivity index (χ1) is 16.8. The van der Waals surface area contributed by atoms with E-state index in [2.05, 4.69) is 24.1 Å². The molecular weight excluding hydrogens is 474 g/mol. The summed E-state index contributed by atoms with van der Waals surface area (Å²) >= 11 is 6.62. The van der Waals surface area contributed by atoms with Gasteiger partial charge < -0.3 is 14.8 Å². The maximum absolute atomic E-state index is 13.5. The van der Waals surface area contributed by atoms with Crippen molar-refractivity contribution in [2.45, 2.75) is 84.8 Å². The average molecular weight is 508 g/mol. The van der Waals surface area contributed by atoms with E-state index in [4.69, 9.17) is 16.6 Å². The highest BCUT2D eigenvalue weighted by atomic mass is 35.5. The number of amides is 2. The zero-order valence-corrected chi connectivity index (χ0v) is 22.8. The van der Waals surface area contributed by atoms with E-state index in [-0.39, 0.29) is 29.9 Å². The van der Waals surface area contributed by atoms with E-state index >= 15 is 0 Å². The molecule has 2 aliphatic rings. The summed E-state index contributed by atoms with van der Waals surface area (Å²) in [5, 5.41) is 3.54. The van der Waals surface area contributed by atoms with Crippen molar-refractivity contribution < 1.29 is 9.59 Å². The summed E-state index contributed by atoms with van der Waals surface area (Å²) in [6.07, 6.45) is 3.29. The van der Waals surface area contributed by atoms with Crippen molar-refractivity contribution in [2.75, 3.05) is 4.90 Å². The summed E-state index contributed by atoms with van der Waals surface area (Å²) in [5.74, 6) is 0.136. The summed E-state index contributed by atoms with van der Waals surface area (Å²) in [4.78, 5) is 37.1. The highest BCUT2D eigenvalue weighted by molar-refractivity contribution is 6.34. The van der Waals surface area contributed by atoms with Gasteiger partial charge in [-0.15, -0.1) is 0 Å². The molecule has 3 heterocycles. The summed E-state index contributed by atoms with van der Waals surface area (Å²) in [5.41, 5.74) is 4.12. The molecule has 190 valence electrons. The van der Waals surface area contributed by atoms with Crippen LogP contribution in [0.5, 0.6) is 0 Å². The Morgan fingerprint density at radius 2 is 1.89 bits per heavy atom. The van der Waals surface area contributed by atoms with Crippen LogP contribution in [-0.2, 0) is 15.0 Å². The Kier molecular flexibility index (Phi) is 5.71. The summed E-state index contributed by atoms with van der Waals surface area (Å²) in [6.45, 7) is 13.9. The van der Waals surface area contributed by atoms with E-state index in [0.29, 0.717) is 5.15 Å². The molecule has 2 amide bonds. The molecule has 0 bridgehead atoms. The molecule has 1 saturated carbocycles. The Bertz CT molecular complexity index is 1380. The molecule has 0 unspecified atom stereocenters. The third kappa shape index (κ3) is 3.88. The minimum Gasteiger partial charge on any atom is -0.353 e. The van der Waals surface area contributed by atoms with Gasteiger partial charge in [0.15, 0.2) is 5.15 Å². The van der Waals surface area contributed by atoms with Gasteiger partial charge in [0.25, 0.3) is 0 Å². The lowest BCUT2D eigenvalue weighted by atomic mass is 9.83. The first-order valence-electron chi connectivity index (χ1n) is 12.6. The smallest absolute Gasteiger partial charge is 0.237 e. The van der Waals surface area contributed by atoms with Gasteiger partial charge in [0, 0.05) is 34.8 Å². The minimum atomic E-state index is -0.612. The molecule has 7 nitrogen and oxygen atoms in total. The van der Waals surface area contributed by atoms with Gasteiger partial charge >= 0.3 is 0 Å². The molecule has 36 heavy (non-hydrogen) atoms. The van der Waals surface area contributed by atoms with Gasteiger partial charge in [0.1, 0.15) is 5.52 Å². The largest absolute Gasteiger partial charge is 0.353 e. The third-order valence-electron chi connectivity index (χ3n) is 7.54. The van der Waals surface area contributed by atoms with Gasteiger partial charge in [-0.25, -0.2) is 9.97 Å². The van der Waals surface area contributed by atoms with Crippen LogP contribution in [0.1, 0.15) is 72.9 Å². The first-order valence-corrected chi connectivity index (χ1v) is 13.0. The van der Waals surface area contributed by atoms with Crippen LogP contribution < -0.4 is 10.2 Å². The standard InChI is InChI=1S/C28H34ClN5O2/c1-15(2)33-14-30-21-13-20(32-24(29)23(21)33)16-8-9-19-22(10-16)34(26(36)28(19,6)7)18-11-17(12-18)31-25(35)27(3,4)5/h8-10,13-15,17-18H,11-12H2,1-7H3,(H,31,35)/t17-,18+. The molecule has 8 heteroatoms. The minimum absolute atomic E-state index is 0.0416. The fourth-order valence-electron chi connectivity index (χ4n) is 5.18. The monoisotopic (exact) mass is 507 g/mol. The van der Waals surface area contributed by atoms with E-state index in [1.807, 2.05) is 68.4 Å². The number of benzene rings is 1. The topological polar surface area (TPSA) is 80.1 Å². The highest BCUT2D eigenvalue weighted by Gasteiger charge is 2.49. The van der Waals surface area contributed by atoms with Gasteiger partial charge in [0.05, 0.1) is 23.0 Å². The van der Waals surface area contributed by atoms with Crippen LogP contribution in [0.3, 0.4) is 0 Å². The molecule has 0 saturated heterocycles. The van der Waals surface area contributed by atoms with E-state index in [1.165, 1.54) is 0 Å². The molecule has 0 atom stereocenters. The average Bonchev–Trinajstić information content (AvgIpc) is 3.28. The van der Waals surface area contributed by atoms with E-state index in [9.17, 15) is 9.59 Å². The normalized spacial score (nSPS) is 21.1. The SMILES string of the molecule is CC(C)n1cnc2cc(-c3ccc4c(c3)N([C@H]3C[C@@H](NC(=O)C(C)(C)C)C3)C(=O)C4(C)C)nc(Cl)c21. The van der Waals surface area contributed by atoms with E-state index in [1.54, 1.807) is 6.33 Å². The second-order valence-corrected chi connectivity index (χ2v) is 12.3. The lowest BCUT2D eigenvalue weighted by Gasteiger charge is -2.43.